The number of nitrogens with zero attached hydrogens (tertiary/aromatic N) is 1. The molecule has 0 fully saturated rings. The van der Waals surface area contributed by atoms with Gasteiger partial charge in [0.2, 0.25) is 0 Å². The van der Waals surface area contributed by atoms with Crippen LogP contribution in [0.3, 0.4) is 0 Å². The summed E-state index contributed by atoms with van der Waals surface area (Å²) in [5.41, 5.74) is 2.24. The molecule has 0 aliphatic carbocycles. The lowest BCUT2D eigenvalue weighted by Crippen LogP contribution is -1.81. The quantitative estimate of drug-likeness (QED) is 0.503. The molecule has 4 rings (SSSR count). The molecule has 2 aromatic carbocycles. The highest BCUT2D eigenvalue weighted by Crippen LogP contribution is 2.39. The first-order chi connectivity index (χ1) is 9.35. The van der Waals surface area contributed by atoms with Crippen molar-refractivity contribution in [3.05, 3.63) is 48.5 Å². The molecule has 0 radical (unpaired) electrons. The van der Waals surface area contributed by atoms with Crippen LogP contribution in [0.4, 0.5) is 0 Å². The van der Waals surface area contributed by atoms with Gasteiger partial charge in [0.1, 0.15) is 10.8 Å². The Balaban J connectivity index is 2.14. The van der Waals surface area contributed by atoms with E-state index in [9.17, 15) is 0 Å². The summed E-state index contributed by atoms with van der Waals surface area (Å²) in [4.78, 5) is 4.70. The number of ether oxygens (including phenoxy) is 1. The molecule has 2 nitrogen and oxygen atoms in total. The fourth-order valence-corrected chi connectivity index (χ4v) is 3.43. The summed E-state index contributed by atoms with van der Waals surface area (Å²) >= 11 is 1.74. The van der Waals surface area contributed by atoms with Gasteiger partial charge in [-0.3, -0.25) is 0 Å². The lowest BCUT2D eigenvalue weighted by molar-refractivity contribution is 0.415. The Hall–Kier alpha value is -2.13. The van der Waals surface area contributed by atoms with Crippen molar-refractivity contribution in [2.75, 3.05) is 7.11 Å². The Morgan fingerprint density at radius 3 is 2.84 bits per heavy atom. The molecule has 0 N–H and O–H groups in total. The second-order valence-electron chi connectivity index (χ2n) is 4.50. The minimum atomic E-state index is 0.875. The van der Waals surface area contributed by atoms with Crippen LogP contribution in [0.15, 0.2) is 48.5 Å². The van der Waals surface area contributed by atoms with E-state index in [1.54, 1.807) is 18.4 Å². The first kappa shape index (κ1) is 10.8. The first-order valence-electron chi connectivity index (χ1n) is 6.11. The van der Waals surface area contributed by atoms with Gasteiger partial charge in [-0.2, -0.15) is 0 Å². The van der Waals surface area contributed by atoms with Crippen LogP contribution in [0, 0.1) is 0 Å². The Morgan fingerprint density at radius 1 is 1.05 bits per heavy atom. The zero-order valence-corrected chi connectivity index (χ0v) is 11.2. The van der Waals surface area contributed by atoms with Crippen LogP contribution in [0.2, 0.25) is 0 Å². The van der Waals surface area contributed by atoms with Gasteiger partial charge in [-0.15, -0.1) is 11.3 Å². The molecule has 0 atom stereocenters. The van der Waals surface area contributed by atoms with Gasteiger partial charge in [0.25, 0.3) is 0 Å². The minimum Gasteiger partial charge on any atom is -0.497 e. The van der Waals surface area contributed by atoms with Crippen molar-refractivity contribution in [2.24, 2.45) is 0 Å². The third-order valence-corrected chi connectivity index (χ3v) is 4.47. The van der Waals surface area contributed by atoms with Gasteiger partial charge in [-0.25, -0.2) is 4.98 Å². The zero-order chi connectivity index (χ0) is 12.8. The fourth-order valence-electron chi connectivity index (χ4n) is 2.41. The largest absolute Gasteiger partial charge is 0.497 e. The van der Waals surface area contributed by atoms with Crippen LogP contribution in [0.1, 0.15) is 0 Å². The van der Waals surface area contributed by atoms with Crippen LogP contribution in [0.25, 0.3) is 31.6 Å². The SMILES string of the molecule is COc1ccc2nc3sc4ccccc4cc-3c2c1. The molecule has 0 saturated carbocycles. The molecule has 2 aliphatic heterocycles. The third kappa shape index (κ3) is 1.59. The summed E-state index contributed by atoms with van der Waals surface area (Å²) in [5.74, 6) is 0.875. The van der Waals surface area contributed by atoms with Crippen LogP contribution in [-0.4, -0.2) is 12.1 Å². The molecule has 0 unspecified atom stereocenters. The predicted molar refractivity (Wildman–Crippen MR) is 80.3 cm³/mol. The normalized spacial score (nSPS) is 11.4. The number of hydrogen-bond donors (Lipinski definition) is 0. The van der Waals surface area contributed by atoms with Gasteiger partial charge in [0, 0.05) is 15.6 Å². The Morgan fingerprint density at radius 2 is 1.95 bits per heavy atom. The van der Waals surface area contributed by atoms with Crippen LogP contribution >= 0.6 is 11.3 Å². The molecule has 92 valence electrons. The molecular weight excluding hydrogens is 254 g/mol. The van der Waals surface area contributed by atoms with E-state index in [2.05, 4.69) is 36.4 Å². The molecule has 0 aromatic heterocycles. The molecule has 0 saturated heterocycles. The Kier molecular flexibility index (Phi) is 2.23. The maximum absolute atomic E-state index is 5.30. The topological polar surface area (TPSA) is 22.1 Å². The number of hydrogen-bond acceptors (Lipinski definition) is 3. The van der Waals surface area contributed by atoms with E-state index in [-0.39, 0.29) is 0 Å². The first-order valence-corrected chi connectivity index (χ1v) is 6.93. The fraction of sp³-hybridized carbons (Fsp3) is 0.0625. The maximum Gasteiger partial charge on any atom is 0.125 e. The van der Waals surface area contributed by atoms with Gasteiger partial charge in [-0.1, -0.05) is 18.2 Å². The summed E-state index contributed by atoms with van der Waals surface area (Å²) in [5, 5.41) is 3.51. The van der Waals surface area contributed by atoms with Crippen molar-refractivity contribution in [3.8, 4) is 16.3 Å². The molecule has 2 aromatic rings. The molecule has 19 heavy (non-hydrogen) atoms. The monoisotopic (exact) mass is 265 g/mol. The highest BCUT2D eigenvalue weighted by atomic mass is 32.1. The van der Waals surface area contributed by atoms with E-state index >= 15 is 0 Å². The van der Waals surface area contributed by atoms with Crippen molar-refractivity contribution in [1.29, 1.82) is 0 Å². The van der Waals surface area contributed by atoms with E-state index in [4.69, 9.17) is 9.72 Å². The van der Waals surface area contributed by atoms with Crippen LogP contribution in [0.5, 0.6) is 5.75 Å². The third-order valence-electron chi connectivity index (χ3n) is 3.37. The predicted octanol–water partition coefficient (Wildman–Crippen LogP) is 4.56. The minimum absolute atomic E-state index is 0.875. The van der Waals surface area contributed by atoms with Gasteiger partial charge in [0.05, 0.1) is 12.6 Å². The number of fused-ring (bicyclic) bond motifs is 4. The average Bonchev–Trinajstić information content (AvgIpc) is 2.81. The van der Waals surface area contributed by atoms with Crippen molar-refractivity contribution in [1.82, 2.24) is 4.98 Å². The second-order valence-corrected chi connectivity index (χ2v) is 5.53. The lowest BCUT2D eigenvalue weighted by atomic mass is 10.1. The average molecular weight is 265 g/mol. The van der Waals surface area contributed by atoms with Crippen molar-refractivity contribution in [3.63, 3.8) is 0 Å². The van der Waals surface area contributed by atoms with E-state index in [0.29, 0.717) is 0 Å². The molecule has 0 bridgehead atoms. The number of rotatable bonds is 1. The molecule has 2 aliphatic rings. The van der Waals surface area contributed by atoms with Gasteiger partial charge in [0.15, 0.2) is 0 Å². The van der Waals surface area contributed by atoms with E-state index in [0.717, 1.165) is 21.7 Å². The summed E-state index contributed by atoms with van der Waals surface area (Å²) in [6, 6.07) is 16.7. The number of benzene rings is 2. The zero-order valence-electron chi connectivity index (χ0n) is 10.4. The van der Waals surface area contributed by atoms with Crippen molar-refractivity contribution in [2.45, 2.75) is 0 Å². The summed E-state index contributed by atoms with van der Waals surface area (Å²) < 4.78 is 6.57. The van der Waals surface area contributed by atoms with Crippen molar-refractivity contribution >= 4 is 32.3 Å². The highest BCUT2D eigenvalue weighted by molar-refractivity contribution is 7.21. The molecular formula is C16H11NOS. The molecule has 0 amide bonds. The Labute approximate surface area is 114 Å². The van der Waals surface area contributed by atoms with E-state index in [1.165, 1.54) is 15.6 Å². The van der Waals surface area contributed by atoms with E-state index < -0.39 is 0 Å². The van der Waals surface area contributed by atoms with Gasteiger partial charge >= 0.3 is 0 Å². The summed E-state index contributed by atoms with van der Waals surface area (Å²) in [6.45, 7) is 0. The lowest BCUT2D eigenvalue weighted by Gasteiger charge is -2.02. The highest BCUT2D eigenvalue weighted by Gasteiger charge is 2.14. The smallest absolute Gasteiger partial charge is 0.125 e. The summed E-state index contributed by atoms with van der Waals surface area (Å²) in [6.07, 6.45) is 0. The summed E-state index contributed by atoms with van der Waals surface area (Å²) in [7, 11) is 1.69. The molecule has 0 spiro atoms. The van der Waals surface area contributed by atoms with Crippen molar-refractivity contribution < 1.29 is 4.74 Å². The van der Waals surface area contributed by atoms with Gasteiger partial charge in [-0.05, 0) is 35.7 Å². The van der Waals surface area contributed by atoms with Crippen LogP contribution in [-0.2, 0) is 0 Å². The Bertz CT molecular complexity index is 865. The van der Waals surface area contributed by atoms with E-state index in [1.807, 2.05) is 12.1 Å². The number of aromatic nitrogens is 1. The van der Waals surface area contributed by atoms with Crippen LogP contribution < -0.4 is 4.74 Å². The van der Waals surface area contributed by atoms with Gasteiger partial charge < -0.3 is 4.74 Å². The molecule has 3 heteroatoms. The maximum atomic E-state index is 5.30. The second kappa shape index (κ2) is 3.93. The molecule has 2 heterocycles. The standard InChI is InChI=1S/C16H11NOS/c1-18-11-6-7-14-12(9-11)13-8-10-4-2-3-5-15(10)19-16(13)17-14/h2-9H,1H3. The number of methoxy groups -OCH3 is 1.